The van der Waals surface area contributed by atoms with Gasteiger partial charge in [-0.05, 0) is 21.6 Å². The third-order valence-electron chi connectivity index (χ3n) is 0.915. The molecule has 0 bridgehead atoms. The van der Waals surface area contributed by atoms with Crippen LogP contribution >= 0.6 is 46.0 Å². The first-order valence-electron chi connectivity index (χ1n) is 3.22. The fourth-order valence-corrected chi connectivity index (χ4v) is 2.60. The molecule has 0 heterocycles. The van der Waals surface area contributed by atoms with Gasteiger partial charge in [0.1, 0.15) is 8.64 Å². The van der Waals surface area contributed by atoms with Crippen LogP contribution in [0.2, 0.25) is 0 Å². The van der Waals surface area contributed by atoms with Crippen LogP contribution in [0.5, 0.6) is 0 Å². The van der Waals surface area contributed by atoms with Crippen LogP contribution in [0, 0.1) is 0 Å². The molecule has 0 atom stereocenters. The summed E-state index contributed by atoms with van der Waals surface area (Å²) in [6.07, 6.45) is 0. The van der Waals surface area contributed by atoms with Gasteiger partial charge >= 0.3 is 0 Å². The average molecular weight is 353 g/mol. The molecule has 0 N–H and O–H groups in total. The van der Waals surface area contributed by atoms with Gasteiger partial charge in [0.05, 0.1) is 0 Å². The van der Waals surface area contributed by atoms with Gasteiger partial charge in [-0.1, -0.05) is 24.4 Å². The summed E-state index contributed by atoms with van der Waals surface area (Å²) in [6.45, 7) is 0. The number of rotatable bonds is 0. The second-order valence-corrected chi connectivity index (χ2v) is 5.88. The van der Waals surface area contributed by atoms with Gasteiger partial charge in [-0.25, -0.2) is 0 Å². The third-order valence-corrected chi connectivity index (χ3v) is 5.07. The molecule has 7 heteroatoms. The summed E-state index contributed by atoms with van der Waals surface area (Å²) in [5, 5.41) is 0. The zero-order valence-electron chi connectivity index (χ0n) is 8.23. The normalized spacial score (nSPS) is 8.62. The summed E-state index contributed by atoms with van der Waals surface area (Å²) in [5.74, 6) is 0. The van der Waals surface area contributed by atoms with Gasteiger partial charge in [-0.15, -0.1) is 0 Å². The van der Waals surface area contributed by atoms with Gasteiger partial charge in [-0.2, -0.15) is 0 Å². The molecule has 0 aromatic rings. The van der Waals surface area contributed by atoms with E-state index in [9.17, 15) is 0 Å². The Morgan fingerprint density at radius 2 is 1.08 bits per heavy atom. The molecule has 0 amide bonds. The van der Waals surface area contributed by atoms with Crippen LogP contribution in [0.15, 0.2) is 0 Å². The van der Waals surface area contributed by atoms with Crippen molar-refractivity contribution >= 4 is 54.7 Å². The van der Waals surface area contributed by atoms with Crippen molar-refractivity contribution in [1.29, 1.82) is 0 Å². The summed E-state index contributed by atoms with van der Waals surface area (Å²) in [5.41, 5.74) is 0. The van der Waals surface area contributed by atoms with Crippen molar-refractivity contribution < 1.29 is 27.3 Å². The van der Waals surface area contributed by atoms with Crippen molar-refractivity contribution in [2.45, 2.75) is 0 Å². The Balaban J connectivity index is 0. The average Bonchev–Trinajstić information content (AvgIpc) is 1.98. The maximum Gasteiger partial charge on any atom is 0.146 e. The summed E-state index contributed by atoms with van der Waals surface area (Å²) in [6, 6.07) is 0. The topological polar surface area (TPSA) is 6.48 Å². The van der Waals surface area contributed by atoms with E-state index in [2.05, 4.69) is 0 Å². The van der Waals surface area contributed by atoms with Crippen LogP contribution in [0.1, 0.15) is 0 Å². The van der Waals surface area contributed by atoms with Crippen molar-refractivity contribution in [3.05, 3.63) is 0 Å². The third kappa shape index (κ3) is 8.40. The first-order chi connectivity index (χ1) is 5.45. The molecule has 0 aromatic heterocycles. The molecular weight excluding hydrogens is 341 g/mol. The minimum Gasteiger partial charge on any atom is -0.363 e. The molecule has 0 aliphatic rings. The van der Waals surface area contributed by atoms with E-state index in [1.54, 1.807) is 0 Å². The SMILES string of the molecule is CN(C)C(=S)SSC(=S)N(C)C.[Cd]. The first kappa shape index (κ1) is 16.8. The second-order valence-electron chi connectivity index (χ2n) is 2.49. The second kappa shape index (κ2) is 8.69. The van der Waals surface area contributed by atoms with Gasteiger partial charge in [0.2, 0.25) is 0 Å². The minimum absolute atomic E-state index is 0. The molecule has 72 valence electrons. The van der Waals surface area contributed by atoms with Crippen LogP contribution in [-0.4, -0.2) is 46.6 Å². The zero-order chi connectivity index (χ0) is 9.72. The quantitative estimate of drug-likeness (QED) is 0.371. The van der Waals surface area contributed by atoms with Gasteiger partial charge in [0, 0.05) is 55.5 Å². The molecular formula is C6H12CdN2S4. The molecule has 0 radical (unpaired) electrons. The molecule has 0 unspecified atom stereocenters. The van der Waals surface area contributed by atoms with E-state index in [4.69, 9.17) is 24.4 Å². The standard InChI is InChI=1S/C6H12N2S4.Cd/c1-7(2)5(9)11-12-6(10)8(3)4;/h1-4H3;. The molecule has 0 fully saturated rings. The van der Waals surface area contributed by atoms with E-state index in [0.29, 0.717) is 0 Å². The number of hydrogen-bond acceptors (Lipinski definition) is 4. The van der Waals surface area contributed by atoms with Gasteiger partial charge in [0.25, 0.3) is 0 Å². The van der Waals surface area contributed by atoms with Crippen LogP contribution < -0.4 is 0 Å². The van der Waals surface area contributed by atoms with Crippen molar-refractivity contribution in [2.75, 3.05) is 28.2 Å². The predicted molar refractivity (Wildman–Crippen MR) is 67.8 cm³/mol. The first-order valence-corrected chi connectivity index (χ1v) is 6.19. The van der Waals surface area contributed by atoms with Crippen molar-refractivity contribution in [2.24, 2.45) is 0 Å². The monoisotopic (exact) mass is 354 g/mol. The Kier molecular flexibility index (Phi) is 11.2. The predicted octanol–water partition coefficient (Wildman–Crippen LogP) is 2.06. The van der Waals surface area contributed by atoms with E-state index in [0.717, 1.165) is 8.64 Å². The van der Waals surface area contributed by atoms with Crippen molar-refractivity contribution in [1.82, 2.24) is 9.80 Å². The fourth-order valence-electron chi connectivity index (χ4n) is 0.220. The largest absolute Gasteiger partial charge is 0.363 e. The molecule has 0 saturated carbocycles. The van der Waals surface area contributed by atoms with Gasteiger partial charge in [-0.3, -0.25) is 0 Å². The summed E-state index contributed by atoms with van der Waals surface area (Å²) < 4.78 is 1.67. The van der Waals surface area contributed by atoms with E-state index >= 15 is 0 Å². The Bertz CT molecular complexity index is 163. The molecule has 0 aliphatic carbocycles. The molecule has 0 saturated heterocycles. The van der Waals surface area contributed by atoms with Crippen molar-refractivity contribution in [3.8, 4) is 0 Å². The molecule has 2 nitrogen and oxygen atoms in total. The van der Waals surface area contributed by atoms with Gasteiger partial charge < -0.3 is 9.80 Å². The molecule has 0 spiro atoms. The van der Waals surface area contributed by atoms with Gasteiger partial charge in [0.15, 0.2) is 0 Å². The molecule has 0 rings (SSSR count). The van der Waals surface area contributed by atoms with Crippen LogP contribution in [0.4, 0.5) is 0 Å². The fraction of sp³-hybridized carbons (Fsp3) is 0.667. The smallest absolute Gasteiger partial charge is 0.146 e. The molecule has 0 aromatic carbocycles. The van der Waals surface area contributed by atoms with E-state index in [1.165, 1.54) is 21.6 Å². The zero-order valence-corrected chi connectivity index (χ0v) is 15.5. The van der Waals surface area contributed by atoms with E-state index < -0.39 is 0 Å². The Morgan fingerprint density at radius 1 is 0.846 bits per heavy atom. The summed E-state index contributed by atoms with van der Waals surface area (Å²) in [4.78, 5) is 3.79. The maximum absolute atomic E-state index is 5.07. The summed E-state index contributed by atoms with van der Waals surface area (Å²) in [7, 11) is 10.7. The maximum atomic E-state index is 5.07. The van der Waals surface area contributed by atoms with E-state index in [-0.39, 0.29) is 27.3 Å². The van der Waals surface area contributed by atoms with Crippen LogP contribution in [0.3, 0.4) is 0 Å². The molecule has 13 heavy (non-hydrogen) atoms. The number of nitrogens with zero attached hydrogens (tertiary/aromatic N) is 2. The summed E-state index contributed by atoms with van der Waals surface area (Å²) >= 11 is 10.1. The van der Waals surface area contributed by atoms with Crippen LogP contribution in [0.25, 0.3) is 0 Å². The van der Waals surface area contributed by atoms with Crippen molar-refractivity contribution in [3.63, 3.8) is 0 Å². The Morgan fingerprint density at radius 3 is 1.23 bits per heavy atom. The Labute approximate surface area is 119 Å². The van der Waals surface area contributed by atoms with E-state index in [1.807, 2.05) is 38.0 Å². The number of hydrogen-bond donors (Lipinski definition) is 0. The minimum atomic E-state index is 0. The molecule has 0 aliphatic heterocycles. The van der Waals surface area contributed by atoms with Crippen LogP contribution in [-0.2, 0) is 27.3 Å². The number of thiocarbonyl (C=S) groups is 2. The Hall–Kier alpha value is 1.40.